The Kier molecular flexibility index (Phi) is 6.09. The molecule has 2 N–H and O–H groups in total. The van der Waals surface area contributed by atoms with Crippen LogP contribution in [0.15, 0.2) is 0 Å². The highest BCUT2D eigenvalue weighted by Crippen LogP contribution is 2.20. The maximum Gasteiger partial charge on any atom is 0.325 e. The summed E-state index contributed by atoms with van der Waals surface area (Å²) < 4.78 is 4.70. The largest absolute Gasteiger partial charge is 0.468 e. The van der Waals surface area contributed by atoms with Crippen molar-refractivity contribution in [3.63, 3.8) is 0 Å². The van der Waals surface area contributed by atoms with Crippen molar-refractivity contribution in [3.05, 3.63) is 0 Å². The molecule has 1 saturated heterocycles. The molecule has 4 heteroatoms. The molecule has 0 spiro atoms. The van der Waals surface area contributed by atoms with Crippen molar-refractivity contribution >= 4 is 5.97 Å². The van der Waals surface area contributed by atoms with Crippen LogP contribution in [0.1, 0.15) is 46.0 Å². The first-order valence-electron chi connectivity index (χ1n) is 7.09. The highest BCUT2D eigenvalue weighted by molar-refractivity contribution is 5.79. The zero-order valence-electron chi connectivity index (χ0n) is 12.1. The average Bonchev–Trinajstić information content (AvgIpc) is 2.81. The molecule has 1 rings (SSSR count). The van der Waals surface area contributed by atoms with E-state index in [1.807, 2.05) is 0 Å². The molecule has 0 amide bonds. The molecule has 18 heavy (non-hydrogen) atoms. The molecule has 106 valence electrons. The third-order valence-corrected chi connectivity index (χ3v) is 4.02. The minimum Gasteiger partial charge on any atom is -0.468 e. The molecular weight excluding hydrogens is 228 g/mol. The predicted octanol–water partition coefficient (Wildman–Crippen LogP) is 1.78. The lowest BCUT2D eigenvalue weighted by Gasteiger charge is -2.22. The van der Waals surface area contributed by atoms with E-state index < -0.39 is 5.54 Å². The third kappa shape index (κ3) is 4.58. The van der Waals surface area contributed by atoms with Gasteiger partial charge in [0.2, 0.25) is 0 Å². The second kappa shape index (κ2) is 7.10. The summed E-state index contributed by atoms with van der Waals surface area (Å²) in [5, 5.41) is 0. The molecule has 0 saturated carbocycles. The van der Waals surface area contributed by atoms with Gasteiger partial charge >= 0.3 is 5.97 Å². The molecule has 2 unspecified atom stereocenters. The summed E-state index contributed by atoms with van der Waals surface area (Å²) in [6.45, 7) is 7.63. The molecule has 0 radical (unpaired) electrons. The molecular formula is C14H28N2O2. The third-order valence-electron chi connectivity index (χ3n) is 4.02. The van der Waals surface area contributed by atoms with Crippen LogP contribution in [0.3, 0.4) is 0 Å². The number of ether oxygens (including phenoxy) is 1. The van der Waals surface area contributed by atoms with Crippen molar-refractivity contribution in [3.8, 4) is 0 Å². The number of esters is 1. The van der Waals surface area contributed by atoms with Crippen molar-refractivity contribution in [1.82, 2.24) is 4.90 Å². The van der Waals surface area contributed by atoms with Gasteiger partial charge in [0, 0.05) is 6.54 Å². The number of methoxy groups -OCH3 is 1. The first-order chi connectivity index (χ1) is 8.49. The molecule has 1 heterocycles. The van der Waals surface area contributed by atoms with E-state index in [1.54, 1.807) is 6.92 Å². The highest BCUT2D eigenvalue weighted by atomic mass is 16.5. The van der Waals surface area contributed by atoms with Gasteiger partial charge < -0.3 is 15.4 Å². The van der Waals surface area contributed by atoms with Crippen molar-refractivity contribution in [2.45, 2.75) is 51.5 Å². The van der Waals surface area contributed by atoms with Crippen LogP contribution in [0.4, 0.5) is 0 Å². The minimum atomic E-state index is -0.828. The summed E-state index contributed by atoms with van der Waals surface area (Å²) in [6.07, 6.45) is 5.42. The zero-order chi connectivity index (χ0) is 13.6. The first-order valence-corrected chi connectivity index (χ1v) is 7.09. The molecule has 0 aromatic rings. The van der Waals surface area contributed by atoms with Gasteiger partial charge in [-0.25, -0.2) is 0 Å². The molecule has 0 bridgehead atoms. The maximum absolute atomic E-state index is 11.4. The Balaban J connectivity index is 2.14. The second-order valence-corrected chi connectivity index (χ2v) is 5.73. The van der Waals surface area contributed by atoms with Crippen molar-refractivity contribution in [1.29, 1.82) is 0 Å². The van der Waals surface area contributed by atoms with Gasteiger partial charge in [-0.1, -0.05) is 13.3 Å². The quantitative estimate of drug-likeness (QED) is 0.557. The SMILES string of the molecule is CCC1CCN(CCCCC(C)(N)C(=O)OC)C1. The van der Waals surface area contributed by atoms with Gasteiger partial charge in [-0.3, -0.25) is 4.79 Å². The monoisotopic (exact) mass is 256 g/mol. The van der Waals surface area contributed by atoms with Gasteiger partial charge in [-0.15, -0.1) is 0 Å². The van der Waals surface area contributed by atoms with Crippen LogP contribution in [0.2, 0.25) is 0 Å². The van der Waals surface area contributed by atoms with Crippen LogP contribution in [0.25, 0.3) is 0 Å². The summed E-state index contributed by atoms with van der Waals surface area (Å²) in [5.41, 5.74) is 5.09. The van der Waals surface area contributed by atoms with Crippen LogP contribution in [-0.2, 0) is 9.53 Å². The van der Waals surface area contributed by atoms with E-state index in [9.17, 15) is 4.79 Å². The Morgan fingerprint density at radius 2 is 2.22 bits per heavy atom. The molecule has 4 nitrogen and oxygen atoms in total. The van der Waals surface area contributed by atoms with E-state index in [2.05, 4.69) is 11.8 Å². The first kappa shape index (κ1) is 15.4. The number of hydrogen-bond donors (Lipinski definition) is 1. The van der Waals surface area contributed by atoms with Gasteiger partial charge in [0.1, 0.15) is 5.54 Å². The molecule has 0 aromatic heterocycles. The zero-order valence-corrected chi connectivity index (χ0v) is 12.1. The van der Waals surface area contributed by atoms with E-state index in [1.165, 1.54) is 33.0 Å². The topological polar surface area (TPSA) is 55.6 Å². The number of likely N-dealkylation sites (tertiary alicyclic amines) is 1. The summed E-state index contributed by atoms with van der Waals surface area (Å²) in [5.74, 6) is 0.578. The Morgan fingerprint density at radius 3 is 2.78 bits per heavy atom. The van der Waals surface area contributed by atoms with Gasteiger partial charge in [-0.05, 0) is 51.6 Å². The molecule has 0 aromatic carbocycles. The van der Waals surface area contributed by atoms with Crippen LogP contribution < -0.4 is 5.73 Å². The Hall–Kier alpha value is -0.610. The van der Waals surface area contributed by atoms with Gasteiger partial charge in [0.15, 0.2) is 0 Å². The second-order valence-electron chi connectivity index (χ2n) is 5.73. The van der Waals surface area contributed by atoms with Crippen LogP contribution in [-0.4, -0.2) is 43.2 Å². The van der Waals surface area contributed by atoms with Crippen molar-refractivity contribution in [2.75, 3.05) is 26.7 Å². The Labute approximate surface area is 111 Å². The highest BCUT2D eigenvalue weighted by Gasteiger charge is 2.28. The van der Waals surface area contributed by atoms with Gasteiger partial charge in [-0.2, -0.15) is 0 Å². The lowest BCUT2D eigenvalue weighted by atomic mass is 9.96. The summed E-state index contributed by atoms with van der Waals surface area (Å²) in [4.78, 5) is 13.9. The molecule has 1 fully saturated rings. The molecule has 0 aliphatic carbocycles. The average molecular weight is 256 g/mol. The van der Waals surface area contributed by atoms with Crippen LogP contribution >= 0.6 is 0 Å². The minimum absolute atomic E-state index is 0.310. The van der Waals surface area contributed by atoms with Crippen molar-refractivity contribution in [2.24, 2.45) is 11.7 Å². The van der Waals surface area contributed by atoms with E-state index in [0.717, 1.165) is 25.3 Å². The summed E-state index contributed by atoms with van der Waals surface area (Å²) in [7, 11) is 1.39. The smallest absolute Gasteiger partial charge is 0.325 e. The number of carbonyl (C=O) groups excluding carboxylic acids is 1. The number of carbonyl (C=O) groups is 1. The van der Waals surface area contributed by atoms with Gasteiger partial charge in [0.25, 0.3) is 0 Å². The van der Waals surface area contributed by atoms with Gasteiger partial charge in [0.05, 0.1) is 7.11 Å². The standard InChI is InChI=1S/C14H28N2O2/c1-4-12-7-10-16(11-12)9-6-5-8-14(2,15)13(17)18-3/h12H,4-11,15H2,1-3H3. The number of rotatable bonds is 7. The number of hydrogen-bond acceptors (Lipinski definition) is 4. The van der Waals surface area contributed by atoms with Crippen LogP contribution in [0, 0.1) is 5.92 Å². The Morgan fingerprint density at radius 1 is 1.50 bits per heavy atom. The lowest BCUT2D eigenvalue weighted by molar-refractivity contribution is -0.146. The van der Waals surface area contributed by atoms with E-state index in [4.69, 9.17) is 10.5 Å². The number of nitrogens with zero attached hydrogens (tertiary/aromatic N) is 1. The lowest BCUT2D eigenvalue weighted by Crippen LogP contribution is -2.45. The molecule has 1 aliphatic rings. The Bertz CT molecular complexity index is 267. The fourth-order valence-corrected chi connectivity index (χ4v) is 2.61. The maximum atomic E-state index is 11.4. The fraction of sp³-hybridized carbons (Fsp3) is 0.929. The van der Waals surface area contributed by atoms with E-state index in [-0.39, 0.29) is 5.97 Å². The molecule has 2 atom stereocenters. The predicted molar refractivity (Wildman–Crippen MR) is 73.3 cm³/mol. The van der Waals surface area contributed by atoms with E-state index in [0.29, 0.717) is 6.42 Å². The van der Waals surface area contributed by atoms with Crippen LogP contribution in [0.5, 0.6) is 0 Å². The summed E-state index contributed by atoms with van der Waals surface area (Å²) >= 11 is 0. The molecule has 1 aliphatic heterocycles. The number of nitrogens with two attached hydrogens (primary N) is 1. The summed E-state index contributed by atoms with van der Waals surface area (Å²) in [6, 6.07) is 0. The van der Waals surface area contributed by atoms with E-state index >= 15 is 0 Å². The fourth-order valence-electron chi connectivity index (χ4n) is 2.61. The number of unbranched alkanes of at least 4 members (excludes halogenated alkanes) is 1. The normalized spacial score (nSPS) is 23.9. The van der Waals surface area contributed by atoms with Crippen molar-refractivity contribution < 1.29 is 9.53 Å².